The van der Waals surface area contributed by atoms with Crippen molar-refractivity contribution < 1.29 is 21.9 Å². The number of benzene rings is 1. The lowest BCUT2D eigenvalue weighted by atomic mass is 10.2. The van der Waals surface area contributed by atoms with E-state index in [-0.39, 0.29) is 17.3 Å². The maximum Gasteiger partial charge on any atom is 0.339 e. The molecule has 7 nitrogen and oxygen atoms in total. The molecule has 1 aromatic carbocycles. The molecule has 2 aromatic rings. The van der Waals surface area contributed by atoms with Crippen LogP contribution in [0.4, 0.5) is 0 Å². The molecule has 21 heavy (non-hydrogen) atoms. The summed E-state index contributed by atoms with van der Waals surface area (Å²) in [6.45, 7) is 1.71. The van der Waals surface area contributed by atoms with Crippen molar-refractivity contribution in [1.82, 2.24) is 0 Å². The van der Waals surface area contributed by atoms with Crippen molar-refractivity contribution in [2.45, 2.75) is 18.4 Å². The molecule has 0 bridgehead atoms. The van der Waals surface area contributed by atoms with Crippen LogP contribution >= 0.6 is 0 Å². The summed E-state index contributed by atoms with van der Waals surface area (Å²) in [5.41, 5.74) is 0.253. The first-order chi connectivity index (χ1) is 9.92. The highest BCUT2D eigenvalue weighted by Gasteiger charge is 2.19. The lowest BCUT2D eigenvalue weighted by molar-refractivity contribution is 0.107. The van der Waals surface area contributed by atoms with Gasteiger partial charge >= 0.3 is 10.1 Å². The Morgan fingerprint density at radius 2 is 1.90 bits per heavy atom. The molecule has 2 rings (SSSR count). The van der Waals surface area contributed by atoms with E-state index in [1.807, 2.05) is 6.92 Å². The van der Waals surface area contributed by atoms with E-state index in [1.165, 1.54) is 12.1 Å². The van der Waals surface area contributed by atoms with Gasteiger partial charge in [-0.05, 0) is 19.1 Å². The second-order valence-electron chi connectivity index (χ2n) is 4.24. The summed E-state index contributed by atoms with van der Waals surface area (Å²) in [5.74, 6) is 4.57. The van der Waals surface area contributed by atoms with Gasteiger partial charge in [-0.25, -0.2) is 5.90 Å². The first kappa shape index (κ1) is 15.2. The van der Waals surface area contributed by atoms with Crippen LogP contribution < -0.4 is 15.5 Å². The van der Waals surface area contributed by atoms with Crippen LogP contribution in [0.2, 0.25) is 0 Å². The van der Waals surface area contributed by atoms with Gasteiger partial charge in [0.15, 0.2) is 0 Å². The number of rotatable bonds is 5. The summed E-state index contributed by atoms with van der Waals surface area (Å²) >= 11 is 0. The van der Waals surface area contributed by atoms with Gasteiger partial charge in [0.05, 0.1) is 0 Å². The number of aryl methyl sites for hydroxylation is 1. The lowest BCUT2D eigenvalue weighted by Crippen LogP contribution is -2.15. The lowest BCUT2D eigenvalue weighted by Gasteiger charge is -2.06. The van der Waals surface area contributed by atoms with Crippen molar-refractivity contribution in [2.75, 3.05) is 0 Å². The molecule has 0 unspecified atom stereocenters. The maximum atomic E-state index is 12.0. The van der Waals surface area contributed by atoms with Crippen molar-refractivity contribution in [1.29, 1.82) is 0 Å². The van der Waals surface area contributed by atoms with Crippen molar-refractivity contribution in [2.24, 2.45) is 5.90 Å². The minimum Gasteiger partial charge on any atom is -0.463 e. The molecule has 2 N–H and O–H groups in total. The highest BCUT2D eigenvalue weighted by Crippen LogP contribution is 2.16. The van der Waals surface area contributed by atoms with Crippen LogP contribution in [0.5, 0.6) is 5.75 Å². The molecular weight excluding hydrogens is 298 g/mol. The summed E-state index contributed by atoms with van der Waals surface area (Å²) in [7, 11) is -4.09. The molecule has 8 heteroatoms. The van der Waals surface area contributed by atoms with Gasteiger partial charge in [0, 0.05) is 6.07 Å². The summed E-state index contributed by atoms with van der Waals surface area (Å²) in [5, 5.41) is 0. The standard InChI is InChI=1S/C13H13NO6S/c1-9-2-4-11(5-3-9)21(16,17)20-13-8-18-10(7-19-14)6-12(13)15/h2-6,8H,7,14H2,1H3. The molecule has 0 saturated heterocycles. The summed E-state index contributed by atoms with van der Waals surface area (Å²) in [4.78, 5) is 16.0. The molecule has 0 amide bonds. The maximum absolute atomic E-state index is 12.0. The van der Waals surface area contributed by atoms with Crippen molar-refractivity contribution in [3.63, 3.8) is 0 Å². The van der Waals surface area contributed by atoms with Gasteiger partial charge in [0.1, 0.15) is 23.5 Å². The Hall–Kier alpha value is -2.16. The molecule has 0 spiro atoms. The smallest absolute Gasteiger partial charge is 0.339 e. The van der Waals surface area contributed by atoms with Gasteiger partial charge in [-0.15, -0.1) is 0 Å². The van der Waals surface area contributed by atoms with Crippen LogP contribution in [-0.2, 0) is 21.6 Å². The summed E-state index contributed by atoms with van der Waals surface area (Å²) < 4.78 is 33.8. The third-order valence-corrected chi connectivity index (χ3v) is 3.84. The topological polar surface area (TPSA) is 109 Å². The van der Waals surface area contributed by atoms with Crippen LogP contribution in [0.15, 0.2) is 50.7 Å². The molecule has 112 valence electrons. The zero-order chi connectivity index (χ0) is 15.5. The fourth-order valence-electron chi connectivity index (χ4n) is 1.53. The number of hydrogen-bond acceptors (Lipinski definition) is 7. The monoisotopic (exact) mass is 311 g/mol. The first-order valence-electron chi connectivity index (χ1n) is 5.87. The largest absolute Gasteiger partial charge is 0.463 e. The van der Waals surface area contributed by atoms with Gasteiger partial charge in [-0.1, -0.05) is 17.7 Å². The Bertz CT molecular complexity index is 779. The van der Waals surface area contributed by atoms with Crippen LogP contribution in [0.1, 0.15) is 11.3 Å². The molecule has 0 aliphatic rings. The average molecular weight is 311 g/mol. The molecule has 1 heterocycles. The molecule has 0 fully saturated rings. The van der Waals surface area contributed by atoms with E-state index < -0.39 is 21.3 Å². The SMILES string of the molecule is Cc1ccc(S(=O)(=O)Oc2coc(CON)cc2=O)cc1. The number of nitrogens with two attached hydrogens (primary N) is 1. The average Bonchev–Trinajstić information content (AvgIpc) is 2.42. The molecule has 0 saturated carbocycles. The van der Waals surface area contributed by atoms with Crippen LogP contribution in [-0.4, -0.2) is 8.42 Å². The number of hydrogen-bond donors (Lipinski definition) is 1. The third kappa shape index (κ3) is 3.69. The summed E-state index contributed by atoms with van der Waals surface area (Å²) in [6.07, 6.45) is 0.905. The van der Waals surface area contributed by atoms with E-state index in [0.29, 0.717) is 0 Å². The van der Waals surface area contributed by atoms with Gasteiger partial charge in [0.25, 0.3) is 0 Å². The Labute approximate surface area is 121 Å². The van der Waals surface area contributed by atoms with Crippen molar-refractivity contribution in [3.8, 4) is 5.75 Å². The zero-order valence-electron chi connectivity index (χ0n) is 11.1. The minimum atomic E-state index is -4.09. The second-order valence-corrected chi connectivity index (χ2v) is 5.78. The predicted molar refractivity (Wildman–Crippen MR) is 72.9 cm³/mol. The highest BCUT2D eigenvalue weighted by atomic mass is 32.2. The van der Waals surface area contributed by atoms with Gasteiger partial charge in [-0.2, -0.15) is 8.42 Å². The fourth-order valence-corrected chi connectivity index (χ4v) is 2.45. The summed E-state index contributed by atoms with van der Waals surface area (Å²) in [6, 6.07) is 7.08. The molecule has 0 aliphatic carbocycles. The molecule has 0 atom stereocenters. The Balaban J connectivity index is 2.28. The van der Waals surface area contributed by atoms with Gasteiger partial charge < -0.3 is 8.60 Å². The predicted octanol–water partition coefficient (Wildman–Crippen LogP) is 1.11. The van der Waals surface area contributed by atoms with E-state index in [0.717, 1.165) is 17.9 Å². The third-order valence-electron chi connectivity index (χ3n) is 2.59. The molecular formula is C13H13NO6S. The van der Waals surface area contributed by atoms with Crippen molar-refractivity contribution in [3.05, 3.63) is 58.1 Å². The van der Waals surface area contributed by atoms with Gasteiger partial charge in [-0.3, -0.25) is 9.63 Å². The normalized spacial score (nSPS) is 11.3. The zero-order valence-corrected chi connectivity index (χ0v) is 11.9. The molecule has 1 aromatic heterocycles. The van der Waals surface area contributed by atoms with E-state index in [1.54, 1.807) is 12.1 Å². The Kier molecular flexibility index (Phi) is 4.41. The van der Waals surface area contributed by atoms with Crippen LogP contribution in [0, 0.1) is 6.92 Å². The van der Waals surface area contributed by atoms with E-state index in [9.17, 15) is 13.2 Å². The fraction of sp³-hybridized carbons (Fsp3) is 0.154. The highest BCUT2D eigenvalue weighted by molar-refractivity contribution is 7.87. The first-order valence-corrected chi connectivity index (χ1v) is 7.28. The van der Waals surface area contributed by atoms with E-state index in [2.05, 4.69) is 4.84 Å². The Morgan fingerprint density at radius 3 is 2.48 bits per heavy atom. The second kappa shape index (κ2) is 6.08. The van der Waals surface area contributed by atoms with E-state index in [4.69, 9.17) is 14.5 Å². The molecule has 0 aliphatic heterocycles. The van der Waals surface area contributed by atoms with Crippen molar-refractivity contribution >= 4 is 10.1 Å². The minimum absolute atomic E-state index is 0.0538. The van der Waals surface area contributed by atoms with Crippen LogP contribution in [0.25, 0.3) is 0 Å². The quantitative estimate of drug-likeness (QED) is 0.650. The molecule has 0 radical (unpaired) electrons. The van der Waals surface area contributed by atoms with E-state index >= 15 is 0 Å². The van der Waals surface area contributed by atoms with Crippen LogP contribution in [0.3, 0.4) is 0 Å². The Morgan fingerprint density at radius 1 is 1.24 bits per heavy atom. The van der Waals surface area contributed by atoms with Gasteiger partial charge in [0.2, 0.25) is 11.2 Å².